The van der Waals surface area contributed by atoms with E-state index < -0.39 is 15.9 Å². The Morgan fingerprint density at radius 1 is 1.16 bits per heavy atom. The summed E-state index contributed by atoms with van der Waals surface area (Å²) < 4.78 is 30.1. The molecule has 8 heteroatoms. The summed E-state index contributed by atoms with van der Waals surface area (Å²) in [6, 6.07) is 11.4. The normalized spacial score (nSPS) is 12.3. The van der Waals surface area contributed by atoms with E-state index in [2.05, 4.69) is 33.2 Å². The highest BCUT2D eigenvalue weighted by Crippen LogP contribution is 2.27. The number of carbonyl (C=O) groups is 1. The summed E-state index contributed by atoms with van der Waals surface area (Å²) in [6.07, 6.45) is 1.11. The van der Waals surface area contributed by atoms with E-state index in [1.165, 1.54) is 13.2 Å². The van der Waals surface area contributed by atoms with E-state index in [9.17, 15) is 13.2 Å². The average Bonchev–Trinajstić information content (AvgIpc) is 2.56. The molecule has 6 nitrogen and oxygen atoms in total. The van der Waals surface area contributed by atoms with E-state index >= 15 is 0 Å². The van der Waals surface area contributed by atoms with Crippen LogP contribution in [0.3, 0.4) is 0 Å². The molecule has 0 aliphatic carbocycles. The van der Waals surface area contributed by atoms with Gasteiger partial charge in [-0.1, -0.05) is 0 Å². The minimum Gasteiger partial charge on any atom is -0.497 e. The van der Waals surface area contributed by atoms with Crippen molar-refractivity contribution in [3.63, 3.8) is 0 Å². The smallest absolute Gasteiger partial charge is 0.246 e. The summed E-state index contributed by atoms with van der Waals surface area (Å²) in [4.78, 5) is 12.4. The first-order chi connectivity index (χ1) is 11.7. The molecule has 0 spiro atoms. The SMILES string of the molecule is COc1ccc(NC(C)C(=O)Nc2ccc(I)cc2)c(S(C)(=O)=O)c1. The van der Waals surface area contributed by atoms with Gasteiger partial charge in [-0.2, -0.15) is 0 Å². The number of amides is 1. The van der Waals surface area contributed by atoms with Crippen molar-refractivity contribution < 1.29 is 17.9 Å². The topological polar surface area (TPSA) is 84.5 Å². The molecule has 0 fully saturated rings. The first kappa shape index (κ1) is 19.5. The fraction of sp³-hybridized carbons (Fsp3) is 0.235. The zero-order valence-corrected chi connectivity index (χ0v) is 17.0. The van der Waals surface area contributed by atoms with Crippen molar-refractivity contribution in [2.24, 2.45) is 0 Å². The largest absolute Gasteiger partial charge is 0.497 e. The standard InChI is InChI=1S/C17H19IN2O4S/c1-11(17(21)20-13-6-4-12(18)5-7-13)19-15-9-8-14(24-2)10-16(15)25(3,22)23/h4-11,19H,1-3H3,(H,20,21). The minimum absolute atomic E-state index is 0.0840. The summed E-state index contributed by atoms with van der Waals surface area (Å²) in [5.74, 6) is 0.165. The predicted molar refractivity (Wildman–Crippen MR) is 107 cm³/mol. The van der Waals surface area contributed by atoms with Crippen LogP contribution in [0.15, 0.2) is 47.4 Å². The third-order valence-corrected chi connectivity index (χ3v) is 5.32. The molecule has 25 heavy (non-hydrogen) atoms. The molecule has 1 unspecified atom stereocenters. The van der Waals surface area contributed by atoms with E-state index in [0.717, 1.165) is 9.83 Å². The number of carbonyl (C=O) groups excluding carboxylic acids is 1. The first-order valence-electron chi connectivity index (χ1n) is 7.42. The van der Waals surface area contributed by atoms with Gasteiger partial charge < -0.3 is 15.4 Å². The number of benzene rings is 2. The highest BCUT2D eigenvalue weighted by Gasteiger charge is 2.19. The number of anilines is 2. The Kier molecular flexibility index (Phi) is 6.28. The van der Waals surface area contributed by atoms with E-state index in [0.29, 0.717) is 17.1 Å². The van der Waals surface area contributed by atoms with Gasteiger partial charge in [0.2, 0.25) is 5.91 Å². The summed E-state index contributed by atoms with van der Waals surface area (Å²) in [7, 11) is -2.01. The molecule has 0 saturated heterocycles. The molecule has 0 bridgehead atoms. The third-order valence-electron chi connectivity index (χ3n) is 3.47. The van der Waals surface area contributed by atoms with Crippen molar-refractivity contribution in [2.45, 2.75) is 17.9 Å². The Bertz CT molecular complexity index is 867. The molecule has 0 saturated carbocycles. The number of nitrogens with one attached hydrogen (secondary N) is 2. The minimum atomic E-state index is -3.48. The monoisotopic (exact) mass is 474 g/mol. The molecule has 1 atom stereocenters. The fourth-order valence-electron chi connectivity index (χ4n) is 2.14. The molecule has 0 aliphatic heterocycles. The second-order valence-corrected chi connectivity index (χ2v) is 8.73. The number of halogens is 1. The zero-order chi connectivity index (χ0) is 18.6. The molecule has 0 heterocycles. The van der Waals surface area contributed by atoms with Crippen molar-refractivity contribution in [2.75, 3.05) is 24.0 Å². The van der Waals surface area contributed by atoms with Crippen LogP contribution in [0.1, 0.15) is 6.92 Å². The van der Waals surface area contributed by atoms with Crippen molar-refractivity contribution in [3.05, 3.63) is 46.0 Å². The second kappa shape index (κ2) is 8.05. The van der Waals surface area contributed by atoms with E-state index in [1.54, 1.807) is 19.1 Å². The van der Waals surface area contributed by atoms with Crippen LogP contribution in [0.5, 0.6) is 5.75 Å². The van der Waals surface area contributed by atoms with Crippen LogP contribution < -0.4 is 15.4 Å². The highest BCUT2D eigenvalue weighted by atomic mass is 127. The number of hydrogen-bond donors (Lipinski definition) is 2. The van der Waals surface area contributed by atoms with Crippen LogP contribution >= 0.6 is 22.6 Å². The lowest BCUT2D eigenvalue weighted by Crippen LogP contribution is -2.32. The van der Waals surface area contributed by atoms with E-state index in [4.69, 9.17) is 4.74 Å². The molecule has 0 aliphatic rings. The highest BCUT2D eigenvalue weighted by molar-refractivity contribution is 14.1. The van der Waals surface area contributed by atoms with Crippen LogP contribution in [0.4, 0.5) is 11.4 Å². The first-order valence-corrected chi connectivity index (χ1v) is 10.4. The molecule has 2 rings (SSSR count). The van der Waals surface area contributed by atoms with Crippen LogP contribution in [0.25, 0.3) is 0 Å². The number of ether oxygens (including phenoxy) is 1. The fourth-order valence-corrected chi connectivity index (χ4v) is 3.35. The summed E-state index contributed by atoms with van der Waals surface area (Å²) in [5.41, 5.74) is 1.03. The van der Waals surface area contributed by atoms with Gasteiger partial charge in [0.15, 0.2) is 9.84 Å². The Hall–Kier alpha value is -1.81. The Morgan fingerprint density at radius 3 is 2.36 bits per heavy atom. The Balaban J connectivity index is 2.18. The number of rotatable bonds is 6. The Morgan fingerprint density at radius 2 is 1.80 bits per heavy atom. The zero-order valence-electron chi connectivity index (χ0n) is 14.0. The predicted octanol–water partition coefficient (Wildman–Crippen LogP) is 3.14. The lowest BCUT2D eigenvalue weighted by Gasteiger charge is -2.18. The van der Waals surface area contributed by atoms with Crippen molar-refractivity contribution in [1.82, 2.24) is 0 Å². The molecule has 0 aromatic heterocycles. The number of sulfone groups is 1. The van der Waals surface area contributed by atoms with Gasteiger partial charge in [0.05, 0.1) is 17.7 Å². The van der Waals surface area contributed by atoms with Gasteiger partial charge in [0.1, 0.15) is 11.8 Å². The lowest BCUT2D eigenvalue weighted by atomic mass is 10.2. The van der Waals surface area contributed by atoms with E-state index in [1.807, 2.05) is 24.3 Å². The lowest BCUT2D eigenvalue weighted by molar-refractivity contribution is -0.116. The second-order valence-electron chi connectivity index (χ2n) is 5.50. The van der Waals surface area contributed by atoms with Gasteiger partial charge >= 0.3 is 0 Å². The molecule has 134 valence electrons. The quantitative estimate of drug-likeness (QED) is 0.629. The number of hydrogen-bond acceptors (Lipinski definition) is 5. The van der Waals surface area contributed by atoms with Crippen molar-refractivity contribution in [1.29, 1.82) is 0 Å². The van der Waals surface area contributed by atoms with Gasteiger partial charge in [-0.25, -0.2) is 8.42 Å². The van der Waals surface area contributed by atoms with Crippen molar-refractivity contribution >= 4 is 49.7 Å². The average molecular weight is 474 g/mol. The maximum atomic E-state index is 12.3. The third kappa shape index (κ3) is 5.33. The summed E-state index contributed by atoms with van der Waals surface area (Å²) >= 11 is 2.18. The van der Waals surface area contributed by atoms with Crippen LogP contribution in [0.2, 0.25) is 0 Å². The van der Waals surface area contributed by atoms with Gasteiger partial charge in [-0.05, 0) is 65.9 Å². The van der Waals surface area contributed by atoms with E-state index in [-0.39, 0.29) is 10.8 Å². The maximum Gasteiger partial charge on any atom is 0.246 e. The molecule has 2 aromatic rings. The molecule has 2 N–H and O–H groups in total. The van der Waals surface area contributed by atoms with Crippen LogP contribution in [-0.4, -0.2) is 33.7 Å². The molecule has 0 radical (unpaired) electrons. The van der Waals surface area contributed by atoms with Gasteiger partial charge in [-0.15, -0.1) is 0 Å². The molecule has 2 aromatic carbocycles. The molecular weight excluding hydrogens is 455 g/mol. The number of methoxy groups -OCH3 is 1. The van der Waals surface area contributed by atoms with Crippen molar-refractivity contribution in [3.8, 4) is 5.75 Å². The van der Waals surface area contributed by atoms with Crippen LogP contribution in [-0.2, 0) is 14.6 Å². The molecule has 1 amide bonds. The van der Waals surface area contributed by atoms with Crippen LogP contribution in [0, 0.1) is 3.57 Å². The molecular formula is C17H19IN2O4S. The van der Waals surface area contributed by atoms with Gasteiger partial charge in [0.25, 0.3) is 0 Å². The maximum absolute atomic E-state index is 12.3. The van der Waals surface area contributed by atoms with Gasteiger partial charge in [-0.3, -0.25) is 4.79 Å². The summed E-state index contributed by atoms with van der Waals surface area (Å²) in [6.45, 7) is 1.67. The van der Waals surface area contributed by atoms with Gasteiger partial charge in [0, 0.05) is 21.6 Å². The summed E-state index contributed by atoms with van der Waals surface area (Å²) in [5, 5.41) is 5.74. The Labute approximate surface area is 161 Å².